The molecular weight excluding hydrogens is 607 g/mol. The second-order valence-corrected chi connectivity index (χ2v) is 11.4. The minimum absolute atomic E-state index is 0. The third-order valence-corrected chi connectivity index (χ3v) is 7.88. The highest BCUT2D eigenvalue weighted by molar-refractivity contribution is 5.94. The van der Waals surface area contributed by atoms with Crippen LogP contribution in [-0.4, -0.2) is 60.9 Å². The summed E-state index contributed by atoms with van der Waals surface area (Å²) in [6, 6.07) is 16.8. The van der Waals surface area contributed by atoms with Gasteiger partial charge in [-0.1, -0.05) is 42.8 Å². The average molecular weight is 653 g/mol. The van der Waals surface area contributed by atoms with Crippen molar-refractivity contribution in [2.75, 3.05) is 26.8 Å². The zero-order chi connectivity index (χ0) is 30.1. The zero-order valence-electron chi connectivity index (χ0n) is 25.7. The van der Waals surface area contributed by atoms with Crippen LogP contribution >= 0.6 is 24.8 Å². The van der Waals surface area contributed by atoms with Crippen LogP contribution < -0.4 is 10.6 Å². The maximum atomic E-state index is 14.0. The van der Waals surface area contributed by atoms with Crippen LogP contribution in [0.5, 0.6) is 0 Å². The van der Waals surface area contributed by atoms with Crippen LogP contribution in [0.25, 0.3) is 0 Å². The topological polar surface area (TPSA) is 73.8 Å². The Morgan fingerprint density at radius 3 is 2.45 bits per heavy atom. The highest BCUT2D eigenvalue weighted by Crippen LogP contribution is 2.22. The number of ether oxygens (including phenoxy) is 1. The first kappa shape index (κ1) is 37.6. The molecule has 6 nitrogen and oxygen atoms in total. The van der Waals surface area contributed by atoms with Crippen molar-refractivity contribution >= 4 is 30.7 Å². The van der Waals surface area contributed by atoms with E-state index < -0.39 is 23.8 Å². The fraction of sp³-hybridized carbons (Fsp3) is 0.441. The quantitative estimate of drug-likeness (QED) is 0.206. The number of aliphatic hydroxyl groups is 1. The number of carbonyl (C=O) groups is 1. The van der Waals surface area contributed by atoms with Crippen LogP contribution in [0.15, 0.2) is 60.7 Å². The van der Waals surface area contributed by atoms with Gasteiger partial charge < -0.3 is 20.5 Å². The van der Waals surface area contributed by atoms with Gasteiger partial charge >= 0.3 is 0 Å². The standard InChI is InChI=1S/C34H43F2N3O3.2ClH/c1-4-24-7-5-8-25(13-24)19-37-20-33(40)32(17-26-15-29(35)18-30(36)16-26)38-34(41)28-12-23(2)11-27(14-28)21-39-10-6-9-31(39)22-42-3;;/h5,7-8,11-16,18,31-33,37,40H,4,6,9-10,17,19-22H2,1-3H3,(H,38,41);2*1H/t31-,32+,33-;;/m1../s1. The van der Waals surface area contributed by atoms with E-state index in [0.717, 1.165) is 48.6 Å². The molecule has 0 unspecified atom stereocenters. The van der Waals surface area contributed by atoms with Gasteiger partial charge in [0.05, 0.1) is 18.8 Å². The Kier molecular flexibility index (Phi) is 15.7. The van der Waals surface area contributed by atoms with Gasteiger partial charge in [0, 0.05) is 44.4 Å². The van der Waals surface area contributed by atoms with Gasteiger partial charge in [0.2, 0.25) is 0 Å². The first-order valence-electron chi connectivity index (χ1n) is 14.8. The summed E-state index contributed by atoms with van der Waals surface area (Å²) in [6.45, 7) is 7.16. The van der Waals surface area contributed by atoms with Crippen molar-refractivity contribution in [3.05, 3.63) is 106 Å². The van der Waals surface area contributed by atoms with E-state index in [0.29, 0.717) is 36.9 Å². The normalized spacial score (nSPS) is 16.1. The van der Waals surface area contributed by atoms with E-state index in [-0.39, 0.29) is 43.7 Å². The van der Waals surface area contributed by atoms with Crippen molar-refractivity contribution in [1.29, 1.82) is 0 Å². The van der Waals surface area contributed by atoms with Gasteiger partial charge in [0.25, 0.3) is 5.91 Å². The summed E-state index contributed by atoms with van der Waals surface area (Å²) in [7, 11) is 1.72. The Hall–Kier alpha value is -2.59. The predicted molar refractivity (Wildman–Crippen MR) is 176 cm³/mol. The van der Waals surface area contributed by atoms with Gasteiger partial charge in [-0.15, -0.1) is 24.8 Å². The number of nitrogens with one attached hydrogen (secondary N) is 2. The van der Waals surface area contributed by atoms with Crippen molar-refractivity contribution in [2.24, 2.45) is 0 Å². The number of aryl methyl sites for hydroxylation is 2. The second-order valence-electron chi connectivity index (χ2n) is 11.4. The number of rotatable bonds is 14. The van der Waals surface area contributed by atoms with E-state index in [2.05, 4.69) is 40.7 Å². The predicted octanol–water partition coefficient (Wildman–Crippen LogP) is 5.78. The molecule has 0 aromatic heterocycles. The number of nitrogens with zero attached hydrogens (tertiary/aromatic N) is 1. The van der Waals surface area contributed by atoms with E-state index in [1.165, 1.54) is 17.7 Å². The van der Waals surface area contributed by atoms with Crippen LogP contribution in [-0.2, 0) is 30.7 Å². The molecule has 44 heavy (non-hydrogen) atoms. The molecule has 0 bridgehead atoms. The molecule has 3 aromatic rings. The lowest BCUT2D eigenvalue weighted by Gasteiger charge is -2.26. The fourth-order valence-corrected chi connectivity index (χ4v) is 5.79. The van der Waals surface area contributed by atoms with Crippen molar-refractivity contribution in [3.8, 4) is 0 Å². The van der Waals surface area contributed by atoms with Gasteiger partial charge in [-0.2, -0.15) is 0 Å². The number of hydrogen-bond donors (Lipinski definition) is 3. The van der Waals surface area contributed by atoms with E-state index in [1.807, 2.05) is 31.2 Å². The van der Waals surface area contributed by atoms with Crippen LogP contribution in [0, 0.1) is 18.6 Å². The van der Waals surface area contributed by atoms with Crippen molar-refractivity contribution in [3.63, 3.8) is 0 Å². The first-order chi connectivity index (χ1) is 20.2. The van der Waals surface area contributed by atoms with E-state index in [1.54, 1.807) is 7.11 Å². The van der Waals surface area contributed by atoms with Crippen LogP contribution in [0.2, 0.25) is 0 Å². The van der Waals surface area contributed by atoms with E-state index in [9.17, 15) is 18.7 Å². The average Bonchev–Trinajstić information content (AvgIpc) is 3.38. The van der Waals surface area contributed by atoms with E-state index >= 15 is 0 Å². The molecule has 1 saturated heterocycles. The Morgan fingerprint density at radius 2 is 1.75 bits per heavy atom. The molecule has 0 aliphatic carbocycles. The minimum Gasteiger partial charge on any atom is -0.390 e. The minimum atomic E-state index is -1.00. The van der Waals surface area contributed by atoms with Gasteiger partial charge in [0.1, 0.15) is 11.6 Å². The fourth-order valence-electron chi connectivity index (χ4n) is 5.79. The number of carbonyl (C=O) groups excluding carboxylic acids is 1. The lowest BCUT2D eigenvalue weighted by Crippen LogP contribution is -2.48. The molecule has 1 heterocycles. The number of likely N-dealkylation sites (tertiary alicyclic amines) is 1. The number of aliphatic hydroxyl groups excluding tert-OH is 1. The number of amides is 1. The van der Waals surface area contributed by atoms with Gasteiger partial charge in [-0.05, 0) is 85.7 Å². The van der Waals surface area contributed by atoms with Crippen LogP contribution in [0.3, 0.4) is 0 Å². The molecule has 3 N–H and O–H groups in total. The number of benzene rings is 3. The molecule has 0 radical (unpaired) electrons. The Labute approximate surface area is 272 Å². The Bertz CT molecular complexity index is 1330. The van der Waals surface area contributed by atoms with Crippen molar-refractivity contribution in [1.82, 2.24) is 15.5 Å². The van der Waals surface area contributed by atoms with E-state index in [4.69, 9.17) is 4.74 Å². The lowest BCUT2D eigenvalue weighted by atomic mass is 9.99. The molecule has 10 heteroatoms. The lowest BCUT2D eigenvalue weighted by molar-refractivity contribution is 0.0829. The van der Waals surface area contributed by atoms with Crippen molar-refractivity contribution in [2.45, 2.75) is 70.8 Å². The smallest absolute Gasteiger partial charge is 0.251 e. The molecule has 1 aliphatic heterocycles. The Morgan fingerprint density at radius 1 is 1.02 bits per heavy atom. The van der Waals surface area contributed by atoms with Gasteiger partial charge in [0.15, 0.2) is 0 Å². The molecule has 0 saturated carbocycles. The number of halogens is 4. The summed E-state index contributed by atoms with van der Waals surface area (Å²) in [5, 5.41) is 17.4. The summed E-state index contributed by atoms with van der Waals surface area (Å²) < 4.78 is 33.3. The maximum absolute atomic E-state index is 14.0. The largest absolute Gasteiger partial charge is 0.390 e. The molecule has 4 rings (SSSR count). The third-order valence-electron chi connectivity index (χ3n) is 7.88. The number of hydrogen-bond acceptors (Lipinski definition) is 5. The second kappa shape index (κ2) is 18.4. The van der Waals surface area contributed by atoms with Crippen molar-refractivity contribution < 1.29 is 23.4 Å². The summed E-state index contributed by atoms with van der Waals surface area (Å²) in [4.78, 5) is 15.9. The molecular formula is C34H45Cl2F2N3O3. The van der Waals surface area contributed by atoms with Crippen LogP contribution in [0.4, 0.5) is 8.78 Å². The van der Waals surface area contributed by atoms with Crippen LogP contribution in [0.1, 0.15) is 57.9 Å². The molecule has 1 aliphatic rings. The monoisotopic (exact) mass is 651 g/mol. The van der Waals surface area contributed by atoms with Gasteiger partial charge in [-0.25, -0.2) is 8.78 Å². The molecule has 3 atom stereocenters. The SMILES string of the molecule is CCc1cccc(CNC[C@@H](O)[C@H](Cc2cc(F)cc(F)c2)NC(=O)c2cc(C)cc(CN3CCC[C@@H]3COC)c2)c1.Cl.Cl. The summed E-state index contributed by atoms with van der Waals surface area (Å²) in [6.07, 6.45) is 2.20. The third kappa shape index (κ3) is 11.1. The summed E-state index contributed by atoms with van der Waals surface area (Å²) >= 11 is 0. The Balaban J connectivity index is 0.00000337. The highest BCUT2D eigenvalue weighted by Gasteiger charge is 2.26. The summed E-state index contributed by atoms with van der Waals surface area (Å²) in [5.41, 5.74) is 5.15. The maximum Gasteiger partial charge on any atom is 0.251 e. The molecule has 1 fully saturated rings. The molecule has 3 aromatic carbocycles. The first-order valence-corrected chi connectivity index (χ1v) is 14.8. The highest BCUT2D eigenvalue weighted by atomic mass is 35.5. The molecule has 1 amide bonds. The van der Waals surface area contributed by atoms with Gasteiger partial charge in [-0.3, -0.25) is 9.69 Å². The molecule has 0 spiro atoms. The molecule has 242 valence electrons. The summed E-state index contributed by atoms with van der Waals surface area (Å²) in [5.74, 6) is -1.74. The zero-order valence-corrected chi connectivity index (χ0v) is 27.3. The number of methoxy groups -OCH3 is 1.